The number of rotatable bonds is 6. The highest BCUT2D eigenvalue weighted by Crippen LogP contribution is 2.51. The number of amides is 1. The van der Waals surface area contributed by atoms with E-state index < -0.39 is 0 Å². The summed E-state index contributed by atoms with van der Waals surface area (Å²) in [5.41, 5.74) is 0. The topological polar surface area (TPSA) is 47.6 Å². The molecule has 0 bridgehead atoms. The number of hydrogen-bond donors (Lipinski definition) is 1. The Morgan fingerprint density at radius 1 is 1.17 bits per heavy atom. The molecule has 1 saturated heterocycles. The summed E-state index contributed by atoms with van der Waals surface area (Å²) in [7, 11) is 0. The fourth-order valence-corrected chi connectivity index (χ4v) is 4.90. The lowest BCUT2D eigenvalue weighted by molar-refractivity contribution is -0.130. The fraction of sp³-hybridized carbons (Fsp3) is 0.650. The van der Waals surface area contributed by atoms with Gasteiger partial charge in [0.25, 0.3) is 0 Å². The van der Waals surface area contributed by atoms with Gasteiger partial charge in [0.05, 0.1) is 19.1 Å². The summed E-state index contributed by atoms with van der Waals surface area (Å²) in [5.74, 6) is 2.76. The van der Waals surface area contributed by atoms with E-state index in [1.54, 1.807) is 0 Å². The van der Waals surface area contributed by atoms with Crippen LogP contribution in [0, 0.1) is 17.8 Å². The van der Waals surface area contributed by atoms with Gasteiger partial charge in [0.15, 0.2) is 0 Å². The van der Waals surface area contributed by atoms with E-state index in [-0.39, 0.29) is 5.91 Å². The summed E-state index contributed by atoms with van der Waals surface area (Å²) in [6.45, 7) is 1.29. The van der Waals surface area contributed by atoms with Crippen molar-refractivity contribution in [3.8, 4) is 5.75 Å². The number of hydrogen-bond acceptors (Lipinski definition) is 3. The first-order chi connectivity index (χ1) is 11.8. The first-order valence-electron chi connectivity index (χ1n) is 9.42. The van der Waals surface area contributed by atoms with Crippen molar-refractivity contribution >= 4 is 5.91 Å². The minimum absolute atomic E-state index is 0.115. The molecule has 3 fully saturated rings. The van der Waals surface area contributed by atoms with Gasteiger partial charge in [-0.05, 0) is 24.5 Å². The van der Waals surface area contributed by atoms with Gasteiger partial charge in [-0.1, -0.05) is 43.9 Å². The molecule has 130 valence electrons. The zero-order valence-electron chi connectivity index (χ0n) is 14.2. The van der Waals surface area contributed by atoms with E-state index in [2.05, 4.69) is 5.32 Å². The smallest absolute Gasteiger partial charge is 0.223 e. The molecule has 0 aromatic heterocycles. The minimum atomic E-state index is 0.115. The normalized spacial score (nSPS) is 32.2. The molecule has 0 spiro atoms. The van der Waals surface area contributed by atoms with Crippen LogP contribution in [0.3, 0.4) is 0 Å². The van der Waals surface area contributed by atoms with Crippen molar-refractivity contribution in [2.45, 2.75) is 50.7 Å². The Balaban J connectivity index is 1.28. The molecule has 0 unspecified atom stereocenters. The second kappa shape index (κ2) is 7.14. The molecule has 4 atom stereocenters. The van der Waals surface area contributed by atoms with Crippen LogP contribution in [0.2, 0.25) is 0 Å². The summed E-state index contributed by atoms with van der Waals surface area (Å²) in [4.78, 5) is 12.4. The summed E-state index contributed by atoms with van der Waals surface area (Å²) in [6.07, 6.45) is 7.20. The average molecular weight is 329 g/mol. The number of fused-ring (bicyclic) bond motifs is 1. The largest absolute Gasteiger partial charge is 0.493 e. The summed E-state index contributed by atoms with van der Waals surface area (Å²) in [5, 5.41) is 3.30. The van der Waals surface area contributed by atoms with E-state index in [0.29, 0.717) is 37.0 Å². The van der Waals surface area contributed by atoms with Crippen molar-refractivity contribution in [3.63, 3.8) is 0 Å². The number of nitrogens with one attached hydrogen (secondary N) is 1. The zero-order chi connectivity index (χ0) is 16.4. The van der Waals surface area contributed by atoms with E-state index in [0.717, 1.165) is 24.7 Å². The van der Waals surface area contributed by atoms with Crippen molar-refractivity contribution < 1.29 is 14.3 Å². The first kappa shape index (κ1) is 15.9. The van der Waals surface area contributed by atoms with Crippen molar-refractivity contribution in [1.82, 2.24) is 5.32 Å². The van der Waals surface area contributed by atoms with Crippen LogP contribution in [0.1, 0.15) is 38.5 Å². The molecule has 1 aromatic rings. The molecule has 0 radical (unpaired) electrons. The zero-order valence-corrected chi connectivity index (χ0v) is 14.2. The number of carbonyl (C=O) groups is 1. The van der Waals surface area contributed by atoms with Gasteiger partial charge >= 0.3 is 0 Å². The molecule has 3 aliphatic rings. The maximum atomic E-state index is 12.4. The molecule has 1 N–H and O–H groups in total. The van der Waals surface area contributed by atoms with E-state index in [9.17, 15) is 4.79 Å². The third kappa shape index (κ3) is 3.16. The van der Waals surface area contributed by atoms with Gasteiger partial charge in [0, 0.05) is 24.5 Å². The lowest BCUT2D eigenvalue weighted by Crippen LogP contribution is -2.63. The van der Waals surface area contributed by atoms with Gasteiger partial charge < -0.3 is 14.8 Å². The van der Waals surface area contributed by atoms with Crippen molar-refractivity contribution in [2.75, 3.05) is 13.2 Å². The molecule has 1 aromatic carbocycles. The summed E-state index contributed by atoms with van der Waals surface area (Å²) < 4.78 is 11.6. The summed E-state index contributed by atoms with van der Waals surface area (Å²) in [6, 6.07) is 10.00. The second-order valence-corrected chi connectivity index (χ2v) is 7.41. The van der Waals surface area contributed by atoms with Gasteiger partial charge in [-0.3, -0.25) is 4.79 Å². The Morgan fingerprint density at radius 3 is 2.75 bits per heavy atom. The predicted molar refractivity (Wildman–Crippen MR) is 91.8 cm³/mol. The van der Waals surface area contributed by atoms with Crippen LogP contribution in [-0.4, -0.2) is 31.3 Å². The van der Waals surface area contributed by atoms with Gasteiger partial charge in [-0.25, -0.2) is 0 Å². The number of ether oxygens (including phenoxy) is 2. The van der Waals surface area contributed by atoms with E-state index in [1.165, 1.54) is 25.7 Å². The monoisotopic (exact) mass is 329 g/mol. The van der Waals surface area contributed by atoms with Crippen LogP contribution in [-0.2, 0) is 9.53 Å². The highest BCUT2D eigenvalue weighted by atomic mass is 16.5. The maximum Gasteiger partial charge on any atom is 0.223 e. The Hall–Kier alpha value is -1.55. The highest BCUT2D eigenvalue weighted by molar-refractivity contribution is 5.76. The SMILES string of the molecule is O=C(CCOc1ccccc1)N[C@@H]1[C@H]2CCO[C@H]2[C@H]1C1CCCC1. The predicted octanol–water partition coefficient (Wildman–Crippen LogP) is 3.17. The van der Waals surface area contributed by atoms with Gasteiger partial charge in [-0.15, -0.1) is 0 Å². The molecule has 1 heterocycles. The standard InChI is InChI=1S/C20H27NO3/c22-17(11-13-23-15-8-2-1-3-9-15)21-19-16-10-12-24-20(16)18(19)14-6-4-5-7-14/h1-3,8-9,14,16,18-20H,4-7,10-13H2,(H,21,22)/t16-,18+,19-,20-/m1/s1. The molecule has 2 aliphatic carbocycles. The molecule has 1 amide bonds. The number of para-hydroxylation sites is 1. The Bertz CT molecular complexity index is 551. The van der Waals surface area contributed by atoms with E-state index >= 15 is 0 Å². The van der Waals surface area contributed by atoms with Gasteiger partial charge in [0.2, 0.25) is 5.91 Å². The molecule has 24 heavy (non-hydrogen) atoms. The Morgan fingerprint density at radius 2 is 1.96 bits per heavy atom. The van der Waals surface area contributed by atoms with E-state index in [1.807, 2.05) is 30.3 Å². The molecule has 4 nitrogen and oxygen atoms in total. The molecule has 4 rings (SSSR count). The highest BCUT2D eigenvalue weighted by Gasteiger charge is 2.56. The van der Waals surface area contributed by atoms with E-state index in [4.69, 9.17) is 9.47 Å². The molecule has 1 aliphatic heterocycles. The van der Waals surface area contributed by atoms with Crippen LogP contribution in [0.25, 0.3) is 0 Å². The Kier molecular flexibility index (Phi) is 4.74. The number of benzene rings is 1. The number of carbonyl (C=O) groups excluding carboxylic acids is 1. The van der Waals surface area contributed by atoms with Crippen LogP contribution in [0.15, 0.2) is 30.3 Å². The lowest BCUT2D eigenvalue weighted by atomic mass is 9.61. The van der Waals surface area contributed by atoms with Crippen molar-refractivity contribution in [1.29, 1.82) is 0 Å². The third-order valence-corrected chi connectivity index (χ3v) is 6.05. The van der Waals surface area contributed by atoms with Crippen molar-refractivity contribution in [2.24, 2.45) is 17.8 Å². The minimum Gasteiger partial charge on any atom is -0.493 e. The van der Waals surface area contributed by atoms with Crippen LogP contribution in [0.4, 0.5) is 0 Å². The van der Waals surface area contributed by atoms with Crippen molar-refractivity contribution in [3.05, 3.63) is 30.3 Å². The van der Waals surface area contributed by atoms with Crippen LogP contribution >= 0.6 is 0 Å². The first-order valence-corrected chi connectivity index (χ1v) is 9.42. The molecule has 2 saturated carbocycles. The second-order valence-electron chi connectivity index (χ2n) is 7.41. The van der Waals surface area contributed by atoms with Gasteiger partial charge in [0.1, 0.15) is 5.75 Å². The summed E-state index contributed by atoms with van der Waals surface area (Å²) >= 11 is 0. The third-order valence-electron chi connectivity index (χ3n) is 6.05. The molecular formula is C20H27NO3. The average Bonchev–Trinajstić information content (AvgIpc) is 3.25. The molecule has 4 heteroatoms. The van der Waals surface area contributed by atoms with Crippen LogP contribution < -0.4 is 10.1 Å². The fourth-order valence-electron chi connectivity index (χ4n) is 4.90. The lowest BCUT2D eigenvalue weighted by Gasteiger charge is -2.50. The van der Waals surface area contributed by atoms with Gasteiger partial charge in [-0.2, -0.15) is 0 Å². The Labute approximate surface area is 143 Å². The quantitative estimate of drug-likeness (QED) is 0.872. The molecular weight excluding hydrogens is 302 g/mol. The van der Waals surface area contributed by atoms with Crippen LogP contribution in [0.5, 0.6) is 5.75 Å². The maximum absolute atomic E-state index is 12.4.